The van der Waals surface area contributed by atoms with Crippen LogP contribution >= 0.6 is 0 Å². The first-order valence-electron chi connectivity index (χ1n) is 11.2. The molecule has 0 spiro atoms. The molecular formula is C26H24FN3O4. The number of halogens is 1. The summed E-state index contributed by atoms with van der Waals surface area (Å²) in [4.78, 5) is 19.5. The molecule has 1 aliphatic rings. The van der Waals surface area contributed by atoms with Crippen LogP contribution in [-0.2, 0) is 6.42 Å². The summed E-state index contributed by atoms with van der Waals surface area (Å²) < 4.78 is 30.1. The smallest absolute Gasteiger partial charge is 0.293 e. The number of benzene rings is 2. The molecule has 0 N–H and O–H groups in total. The van der Waals surface area contributed by atoms with Gasteiger partial charge in [-0.05, 0) is 49.6 Å². The molecule has 3 heterocycles. The van der Waals surface area contributed by atoms with Crippen LogP contribution in [0.3, 0.4) is 0 Å². The van der Waals surface area contributed by atoms with Crippen molar-refractivity contribution in [3.63, 3.8) is 0 Å². The number of likely N-dealkylation sites (tertiary alicyclic amines) is 1. The summed E-state index contributed by atoms with van der Waals surface area (Å²) in [6, 6.07) is 15.0. The number of oxazole rings is 1. The Morgan fingerprint density at radius 2 is 2.00 bits per heavy atom. The van der Waals surface area contributed by atoms with Crippen LogP contribution in [0.15, 0.2) is 69.7 Å². The first kappa shape index (κ1) is 21.9. The number of methoxy groups -OCH3 is 1. The minimum atomic E-state index is -0.337. The molecule has 0 unspecified atom stereocenters. The van der Waals surface area contributed by atoms with Crippen LogP contribution in [0.25, 0.3) is 11.3 Å². The van der Waals surface area contributed by atoms with E-state index in [-0.39, 0.29) is 23.5 Å². The second-order valence-corrected chi connectivity index (χ2v) is 8.25. The second-order valence-electron chi connectivity index (χ2n) is 8.25. The lowest BCUT2D eigenvalue weighted by Gasteiger charge is -2.32. The number of amides is 1. The monoisotopic (exact) mass is 461 g/mol. The number of hydrogen-bond donors (Lipinski definition) is 0. The minimum Gasteiger partial charge on any atom is -0.496 e. The molecule has 0 saturated carbocycles. The molecule has 0 aliphatic carbocycles. The zero-order valence-corrected chi connectivity index (χ0v) is 18.7. The molecular weight excluding hydrogens is 437 g/mol. The fraction of sp³-hybridized carbons (Fsp3) is 0.269. The number of piperidine rings is 1. The molecule has 1 atom stereocenters. The molecule has 174 valence electrons. The molecule has 8 heteroatoms. The van der Waals surface area contributed by atoms with Gasteiger partial charge in [0.2, 0.25) is 11.7 Å². The van der Waals surface area contributed by atoms with Crippen LogP contribution < -0.4 is 4.74 Å². The van der Waals surface area contributed by atoms with Gasteiger partial charge in [-0.3, -0.25) is 4.79 Å². The molecule has 0 bridgehead atoms. The van der Waals surface area contributed by atoms with Crippen molar-refractivity contribution in [3.8, 4) is 17.0 Å². The lowest BCUT2D eigenvalue weighted by molar-refractivity contribution is 0.0528. The third-order valence-electron chi connectivity index (χ3n) is 6.04. The average molecular weight is 461 g/mol. The summed E-state index contributed by atoms with van der Waals surface area (Å²) in [6.07, 6.45) is 4.85. The van der Waals surface area contributed by atoms with Crippen LogP contribution in [0.1, 0.15) is 53.1 Å². The number of carbonyl (C=O) groups is 1. The number of hydrogen-bond acceptors (Lipinski definition) is 6. The van der Waals surface area contributed by atoms with Gasteiger partial charge in [0, 0.05) is 30.2 Å². The minimum absolute atomic E-state index is 0.132. The number of para-hydroxylation sites is 1. The SMILES string of the molecule is COc1ccccc1Cc1cnc([C@@H]2CCCCN2C(=O)c2cc(-c3ccc(F)cc3)no2)o1. The molecule has 2 aromatic heterocycles. The maximum atomic E-state index is 13.3. The van der Waals surface area contributed by atoms with Crippen molar-refractivity contribution < 1.29 is 22.9 Å². The Kier molecular flexibility index (Phi) is 6.12. The van der Waals surface area contributed by atoms with Crippen LogP contribution in [-0.4, -0.2) is 34.6 Å². The summed E-state index contributed by atoms with van der Waals surface area (Å²) in [5.41, 5.74) is 2.15. The van der Waals surface area contributed by atoms with E-state index in [1.807, 2.05) is 24.3 Å². The van der Waals surface area contributed by atoms with E-state index in [9.17, 15) is 9.18 Å². The maximum absolute atomic E-state index is 13.3. The summed E-state index contributed by atoms with van der Waals surface area (Å²) in [6.45, 7) is 0.570. The van der Waals surface area contributed by atoms with Crippen LogP contribution in [0.5, 0.6) is 5.75 Å². The Hall–Kier alpha value is -3.94. The number of carbonyl (C=O) groups excluding carboxylic acids is 1. The van der Waals surface area contributed by atoms with E-state index in [0.29, 0.717) is 35.9 Å². The van der Waals surface area contributed by atoms with Gasteiger partial charge in [-0.25, -0.2) is 9.37 Å². The van der Waals surface area contributed by atoms with Gasteiger partial charge >= 0.3 is 0 Å². The first-order chi connectivity index (χ1) is 16.6. The van der Waals surface area contributed by atoms with Gasteiger partial charge in [0.1, 0.15) is 29.1 Å². The molecule has 1 aliphatic heterocycles. The van der Waals surface area contributed by atoms with Gasteiger partial charge in [0.15, 0.2) is 0 Å². The van der Waals surface area contributed by atoms with Crippen molar-refractivity contribution in [2.75, 3.05) is 13.7 Å². The van der Waals surface area contributed by atoms with Crippen LogP contribution in [0.4, 0.5) is 4.39 Å². The van der Waals surface area contributed by atoms with Gasteiger partial charge in [0.25, 0.3) is 5.91 Å². The standard InChI is InChI=1S/C26H24FN3O4/c1-32-23-8-3-2-6-18(23)14-20-16-28-25(33-20)22-7-4-5-13-30(22)26(31)24-15-21(29-34-24)17-9-11-19(27)12-10-17/h2-3,6,8-12,15-16,22H,4-5,7,13-14H2,1H3/t22-/m0/s1. The van der Waals surface area contributed by atoms with Crippen molar-refractivity contribution in [2.45, 2.75) is 31.7 Å². The van der Waals surface area contributed by atoms with E-state index in [1.165, 1.54) is 12.1 Å². The van der Waals surface area contributed by atoms with E-state index >= 15 is 0 Å². The molecule has 4 aromatic rings. The quantitative estimate of drug-likeness (QED) is 0.381. The van der Waals surface area contributed by atoms with E-state index in [0.717, 1.165) is 30.6 Å². The highest BCUT2D eigenvalue weighted by Gasteiger charge is 2.34. The van der Waals surface area contributed by atoms with E-state index < -0.39 is 0 Å². The Balaban J connectivity index is 1.35. The number of rotatable bonds is 6. The van der Waals surface area contributed by atoms with Gasteiger partial charge < -0.3 is 18.6 Å². The largest absolute Gasteiger partial charge is 0.496 e. The van der Waals surface area contributed by atoms with Crippen molar-refractivity contribution in [1.82, 2.24) is 15.0 Å². The zero-order chi connectivity index (χ0) is 23.5. The number of nitrogens with zero attached hydrogens (tertiary/aromatic N) is 3. The third-order valence-corrected chi connectivity index (χ3v) is 6.04. The van der Waals surface area contributed by atoms with E-state index in [4.69, 9.17) is 13.7 Å². The highest BCUT2D eigenvalue weighted by Crippen LogP contribution is 2.33. The van der Waals surface area contributed by atoms with Crippen molar-refractivity contribution in [2.24, 2.45) is 0 Å². The number of ether oxygens (including phenoxy) is 1. The van der Waals surface area contributed by atoms with Crippen LogP contribution in [0, 0.1) is 5.82 Å². The van der Waals surface area contributed by atoms with E-state index in [2.05, 4.69) is 10.1 Å². The maximum Gasteiger partial charge on any atom is 0.293 e. The Bertz CT molecular complexity index is 1280. The number of aromatic nitrogens is 2. The fourth-order valence-corrected chi connectivity index (χ4v) is 4.30. The lowest BCUT2D eigenvalue weighted by atomic mass is 10.0. The molecule has 0 radical (unpaired) electrons. The fourth-order valence-electron chi connectivity index (χ4n) is 4.30. The summed E-state index contributed by atoms with van der Waals surface area (Å²) in [7, 11) is 1.64. The van der Waals surface area contributed by atoms with Gasteiger partial charge in [0.05, 0.1) is 13.3 Å². The van der Waals surface area contributed by atoms with Gasteiger partial charge in [-0.15, -0.1) is 0 Å². The Labute approximate surface area is 196 Å². The zero-order valence-electron chi connectivity index (χ0n) is 18.7. The predicted molar refractivity (Wildman–Crippen MR) is 122 cm³/mol. The highest BCUT2D eigenvalue weighted by molar-refractivity contribution is 5.92. The molecule has 1 amide bonds. The van der Waals surface area contributed by atoms with Crippen molar-refractivity contribution >= 4 is 5.91 Å². The summed E-state index contributed by atoms with van der Waals surface area (Å²) in [5, 5.41) is 4.00. The predicted octanol–water partition coefficient (Wildman–Crippen LogP) is 5.44. The molecule has 34 heavy (non-hydrogen) atoms. The van der Waals surface area contributed by atoms with Crippen LogP contribution in [0.2, 0.25) is 0 Å². The summed E-state index contributed by atoms with van der Waals surface area (Å²) in [5.74, 6) is 1.53. The normalized spacial score (nSPS) is 15.9. The Morgan fingerprint density at radius 3 is 2.82 bits per heavy atom. The topological polar surface area (TPSA) is 81.6 Å². The third kappa shape index (κ3) is 4.44. The molecule has 1 fully saturated rings. The second kappa shape index (κ2) is 9.51. The van der Waals surface area contributed by atoms with Crippen molar-refractivity contribution in [1.29, 1.82) is 0 Å². The highest BCUT2D eigenvalue weighted by atomic mass is 19.1. The summed E-state index contributed by atoms with van der Waals surface area (Å²) >= 11 is 0. The molecule has 2 aromatic carbocycles. The first-order valence-corrected chi connectivity index (χ1v) is 11.2. The van der Waals surface area contributed by atoms with Gasteiger partial charge in [-0.2, -0.15) is 0 Å². The average Bonchev–Trinajstić information content (AvgIpc) is 3.55. The van der Waals surface area contributed by atoms with E-state index in [1.54, 1.807) is 36.4 Å². The Morgan fingerprint density at radius 1 is 1.18 bits per heavy atom. The molecule has 7 nitrogen and oxygen atoms in total. The van der Waals surface area contributed by atoms with Crippen molar-refractivity contribution in [3.05, 3.63) is 89.6 Å². The van der Waals surface area contributed by atoms with Gasteiger partial charge in [-0.1, -0.05) is 23.4 Å². The molecule has 1 saturated heterocycles. The lowest BCUT2D eigenvalue weighted by Crippen LogP contribution is -2.38. The molecule has 5 rings (SSSR count).